The maximum atomic E-state index is 12.8. The van der Waals surface area contributed by atoms with E-state index in [0.717, 1.165) is 6.42 Å². The summed E-state index contributed by atoms with van der Waals surface area (Å²) < 4.78 is 0. The molecule has 0 aromatic carbocycles. The molecule has 0 radical (unpaired) electrons. The van der Waals surface area contributed by atoms with Gasteiger partial charge in [-0.25, -0.2) is 4.79 Å². The standard InChI is InChI=1S/C23H39N7O10S4/c31-4-11(18(34)28-16(9-44)22(38)30-14(7-42)20(36)26-12(5-32)23(39)40)25-19(35)13(6-41)29-21(37)15(8-43)27-17(33)10-2-1-3-24-10/h10-16,24,31-32,41-44H,1-9H2,(H,25,35)(H,26,36)(H,27,33)(H,28,34)(H,29,37)(H,30,38)(H,39,40)/t10-,11-,12-,13-,14-,15-,16-/m0/s1. The number of aliphatic hydroxyl groups is 2. The number of amides is 6. The number of carboxylic acid groups (broad SMARTS) is 1. The van der Waals surface area contributed by atoms with Crippen molar-refractivity contribution in [3.05, 3.63) is 0 Å². The summed E-state index contributed by atoms with van der Waals surface area (Å²) >= 11 is 16.1. The molecule has 7 atom stereocenters. The summed E-state index contributed by atoms with van der Waals surface area (Å²) in [6.07, 6.45) is 1.42. The van der Waals surface area contributed by atoms with Crippen LogP contribution in [0.4, 0.5) is 0 Å². The first-order valence-electron chi connectivity index (χ1n) is 13.3. The van der Waals surface area contributed by atoms with Crippen molar-refractivity contribution in [2.45, 2.75) is 55.1 Å². The smallest absolute Gasteiger partial charge is 0.328 e. The summed E-state index contributed by atoms with van der Waals surface area (Å²) in [4.78, 5) is 86.9. The number of aliphatic hydroxyl groups excluding tert-OH is 2. The number of nitrogens with one attached hydrogen (secondary N) is 7. The largest absolute Gasteiger partial charge is 0.480 e. The maximum Gasteiger partial charge on any atom is 0.328 e. The first kappa shape index (κ1) is 39.6. The van der Waals surface area contributed by atoms with E-state index in [1.807, 2.05) is 5.32 Å². The molecule has 1 rings (SSSR count). The second-order valence-electron chi connectivity index (χ2n) is 9.45. The van der Waals surface area contributed by atoms with Crippen LogP contribution in [0.1, 0.15) is 12.8 Å². The fourth-order valence-electron chi connectivity index (χ4n) is 3.70. The highest BCUT2D eigenvalue weighted by Gasteiger charge is 2.33. The molecule has 0 spiro atoms. The molecule has 6 amide bonds. The lowest BCUT2D eigenvalue weighted by molar-refractivity contribution is -0.143. The van der Waals surface area contributed by atoms with Gasteiger partial charge in [-0.1, -0.05) is 0 Å². The van der Waals surface area contributed by atoms with Gasteiger partial charge in [-0.05, 0) is 19.4 Å². The molecule has 17 nitrogen and oxygen atoms in total. The molecule has 250 valence electrons. The Labute approximate surface area is 275 Å². The minimum absolute atomic E-state index is 0.0721. The number of hydrogen-bond acceptors (Lipinski definition) is 14. The molecule has 10 N–H and O–H groups in total. The van der Waals surface area contributed by atoms with Crippen molar-refractivity contribution in [3.63, 3.8) is 0 Å². The number of hydrogen-bond donors (Lipinski definition) is 14. The van der Waals surface area contributed by atoms with Crippen LogP contribution in [0.5, 0.6) is 0 Å². The van der Waals surface area contributed by atoms with E-state index in [1.165, 1.54) is 0 Å². The Kier molecular flexibility index (Phi) is 18.5. The quantitative estimate of drug-likeness (QED) is 0.0565. The van der Waals surface area contributed by atoms with Crippen molar-refractivity contribution < 1.29 is 48.9 Å². The first-order chi connectivity index (χ1) is 20.9. The summed E-state index contributed by atoms with van der Waals surface area (Å²) in [7, 11) is 0. The minimum atomic E-state index is -1.63. The number of thiol groups is 4. The van der Waals surface area contributed by atoms with Crippen LogP contribution < -0.4 is 37.2 Å². The molecular weight excluding hydrogens is 663 g/mol. The van der Waals surface area contributed by atoms with Gasteiger partial charge in [-0.2, -0.15) is 50.5 Å². The molecule has 21 heteroatoms. The second kappa shape index (κ2) is 20.6. The van der Waals surface area contributed by atoms with Crippen molar-refractivity contribution in [1.29, 1.82) is 0 Å². The highest BCUT2D eigenvalue weighted by Crippen LogP contribution is 2.06. The van der Waals surface area contributed by atoms with Crippen molar-refractivity contribution in [2.24, 2.45) is 0 Å². The summed E-state index contributed by atoms with van der Waals surface area (Å²) in [6, 6.07) is -8.76. The summed E-state index contributed by atoms with van der Waals surface area (Å²) in [5.74, 6) is -7.28. The lowest BCUT2D eigenvalue weighted by atomic mass is 10.2. The molecule has 0 unspecified atom stereocenters. The van der Waals surface area contributed by atoms with Crippen LogP contribution in [-0.4, -0.2) is 142 Å². The molecule has 0 aromatic rings. The van der Waals surface area contributed by atoms with Gasteiger partial charge in [0.1, 0.15) is 36.3 Å². The normalized spacial score (nSPS) is 18.4. The van der Waals surface area contributed by atoms with Gasteiger partial charge in [0.2, 0.25) is 35.4 Å². The van der Waals surface area contributed by atoms with Crippen LogP contribution in [0.3, 0.4) is 0 Å². The van der Waals surface area contributed by atoms with E-state index < -0.39 is 91.0 Å². The number of carbonyl (C=O) groups is 7. The van der Waals surface area contributed by atoms with Gasteiger partial charge in [0, 0.05) is 23.0 Å². The molecular formula is C23H39N7O10S4. The van der Waals surface area contributed by atoms with Gasteiger partial charge in [0.15, 0.2) is 0 Å². The Bertz CT molecular complexity index is 1040. The average Bonchev–Trinajstić information content (AvgIpc) is 3.55. The summed E-state index contributed by atoms with van der Waals surface area (Å²) in [5, 5.41) is 44.6. The Morgan fingerprint density at radius 3 is 1.25 bits per heavy atom. The Morgan fingerprint density at radius 2 is 0.932 bits per heavy atom. The van der Waals surface area contributed by atoms with Crippen molar-refractivity contribution in [1.82, 2.24) is 37.2 Å². The van der Waals surface area contributed by atoms with Crippen LogP contribution in [0.2, 0.25) is 0 Å². The third-order valence-corrected chi connectivity index (χ3v) is 7.71. The van der Waals surface area contributed by atoms with Crippen molar-refractivity contribution >= 4 is 91.9 Å². The van der Waals surface area contributed by atoms with E-state index in [9.17, 15) is 38.7 Å². The Balaban J connectivity index is 2.79. The average molecular weight is 702 g/mol. The van der Waals surface area contributed by atoms with E-state index in [2.05, 4.69) is 82.4 Å². The molecule has 1 fully saturated rings. The molecule has 0 saturated carbocycles. The highest BCUT2D eigenvalue weighted by molar-refractivity contribution is 7.80. The number of carbonyl (C=O) groups excluding carboxylic acids is 6. The van der Waals surface area contributed by atoms with E-state index >= 15 is 0 Å². The topological polar surface area (TPSA) is 264 Å². The molecule has 1 aliphatic heterocycles. The lowest BCUT2D eigenvalue weighted by Crippen LogP contribution is -2.61. The zero-order valence-corrected chi connectivity index (χ0v) is 27.0. The van der Waals surface area contributed by atoms with Crippen LogP contribution >= 0.6 is 50.5 Å². The van der Waals surface area contributed by atoms with Gasteiger partial charge in [0.05, 0.1) is 19.3 Å². The zero-order valence-electron chi connectivity index (χ0n) is 23.4. The fraction of sp³-hybridized carbons (Fsp3) is 0.696. The molecule has 44 heavy (non-hydrogen) atoms. The predicted molar refractivity (Wildman–Crippen MR) is 170 cm³/mol. The van der Waals surface area contributed by atoms with Crippen LogP contribution in [0, 0.1) is 0 Å². The van der Waals surface area contributed by atoms with Gasteiger partial charge in [0.25, 0.3) is 0 Å². The molecule has 0 bridgehead atoms. The Morgan fingerprint density at radius 1 is 0.591 bits per heavy atom. The van der Waals surface area contributed by atoms with Crippen LogP contribution in [0.25, 0.3) is 0 Å². The second-order valence-corrected chi connectivity index (χ2v) is 10.9. The SMILES string of the molecule is O=C(O)[C@H](CO)NC(=O)[C@H](CS)NC(=O)[C@H](CS)NC(=O)[C@H](CO)NC(=O)[C@H](CS)NC(=O)[C@H](CS)NC(=O)[C@@H]1CCCN1. The molecule has 0 aliphatic carbocycles. The van der Waals surface area contributed by atoms with Crippen molar-refractivity contribution in [2.75, 3.05) is 42.8 Å². The van der Waals surface area contributed by atoms with Gasteiger partial charge >= 0.3 is 5.97 Å². The van der Waals surface area contributed by atoms with Gasteiger partial charge < -0.3 is 52.5 Å². The van der Waals surface area contributed by atoms with Gasteiger partial charge in [-0.3, -0.25) is 28.8 Å². The van der Waals surface area contributed by atoms with Gasteiger partial charge in [-0.15, -0.1) is 0 Å². The lowest BCUT2D eigenvalue weighted by Gasteiger charge is -2.25. The van der Waals surface area contributed by atoms with E-state index in [4.69, 9.17) is 10.2 Å². The maximum absolute atomic E-state index is 12.8. The number of rotatable bonds is 19. The highest BCUT2D eigenvalue weighted by atomic mass is 32.1. The van der Waals surface area contributed by atoms with E-state index in [1.54, 1.807) is 0 Å². The minimum Gasteiger partial charge on any atom is -0.480 e. The third-order valence-electron chi connectivity index (χ3n) is 6.25. The van der Waals surface area contributed by atoms with E-state index in [0.29, 0.717) is 13.0 Å². The van der Waals surface area contributed by atoms with Crippen LogP contribution in [0.15, 0.2) is 0 Å². The zero-order chi connectivity index (χ0) is 33.4. The number of carboxylic acids is 1. The van der Waals surface area contributed by atoms with E-state index in [-0.39, 0.29) is 28.9 Å². The third kappa shape index (κ3) is 12.5. The fourth-order valence-corrected chi connectivity index (χ4v) is 4.73. The molecule has 1 heterocycles. The summed E-state index contributed by atoms with van der Waals surface area (Å²) in [5.41, 5.74) is 0. The molecule has 1 saturated heterocycles. The first-order valence-corrected chi connectivity index (χ1v) is 15.8. The van der Waals surface area contributed by atoms with Crippen LogP contribution in [-0.2, 0) is 33.6 Å². The molecule has 1 aliphatic rings. The monoisotopic (exact) mass is 701 g/mol. The Hall–Kier alpha value is -2.43. The number of aliphatic carboxylic acids is 1. The van der Waals surface area contributed by atoms with Crippen molar-refractivity contribution in [3.8, 4) is 0 Å². The summed E-state index contributed by atoms with van der Waals surface area (Å²) in [6.45, 7) is -1.14. The predicted octanol–water partition coefficient (Wildman–Crippen LogP) is -5.56. The molecule has 0 aromatic heterocycles.